The van der Waals surface area contributed by atoms with Crippen LogP contribution in [0, 0.1) is 17.8 Å². The Labute approximate surface area is 200 Å². The summed E-state index contributed by atoms with van der Waals surface area (Å²) < 4.78 is 51.4. The first-order chi connectivity index (χ1) is 16.6. The molecule has 1 N–H and O–H groups in total. The Bertz CT molecular complexity index is 1300. The van der Waals surface area contributed by atoms with Crippen molar-refractivity contribution >= 4 is 45.0 Å². The minimum Gasteiger partial charge on any atom is -0.462 e. The zero-order chi connectivity index (χ0) is 24.9. The van der Waals surface area contributed by atoms with Crippen molar-refractivity contribution in [2.24, 2.45) is 17.8 Å². The number of furan rings is 2. The van der Waals surface area contributed by atoms with E-state index < -0.39 is 33.8 Å². The number of hydrogen-bond donors (Lipinski definition) is 1. The van der Waals surface area contributed by atoms with E-state index in [1.807, 2.05) is 0 Å². The average molecular weight is 509 g/mol. The summed E-state index contributed by atoms with van der Waals surface area (Å²) in [6, 6.07) is 0. The zero-order valence-electron chi connectivity index (χ0n) is 18.7. The van der Waals surface area contributed by atoms with E-state index in [1.165, 1.54) is 0 Å². The minimum absolute atomic E-state index is 0.0187. The van der Waals surface area contributed by atoms with E-state index in [4.69, 9.17) is 23.2 Å². The van der Waals surface area contributed by atoms with E-state index in [2.05, 4.69) is 0 Å². The molecule has 0 amide bonds. The van der Waals surface area contributed by atoms with Crippen molar-refractivity contribution < 1.29 is 50.8 Å². The molecule has 5 rings (SSSR count). The molecule has 3 heterocycles. The van der Waals surface area contributed by atoms with Crippen LogP contribution in [0.3, 0.4) is 0 Å². The summed E-state index contributed by atoms with van der Waals surface area (Å²) in [5, 5.41) is 0. The van der Waals surface area contributed by atoms with Crippen LogP contribution < -0.4 is 9.47 Å². The van der Waals surface area contributed by atoms with Gasteiger partial charge in [-0.25, -0.2) is 9.59 Å². The Morgan fingerprint density at radius 3 is 2.69 bits per heavy atom. The Balaban J connectivity index is 1.25. The lowest BCUT2D eigenvalue weighted by molar-refractivity contribution is -0.136. The Morgan fingerprint density at radius 2 is 1.91 bits per heavy atom. The molecular weight excluding hydrogens is 484 g/mol. The number of ether oxygens (including phenoxy) is 3. The molecule has 0 radical (unpaired) electrons. The molecule has 2 saturated carbocycles. The molecule has 3 atom stereocenters. The van der Waals surface area contributed by atoms with E-state index in [-0.39, 0.29) is 70.9 Å². The molecule has 3 unspecified atom stereocenters. The molecule has 2 aromatic heterocycles. The monoisotopic (exact) mass is 508 g/mol. The quantitative estimate of drug-likeness (QED) is 0.229. The van der Waals surface area contributed by atoms with Crippen molar-refractivity contribution in [2.45, 2.75) is 51.4 Å². The Hall–Kier alpha value is -2.99. The maximum atomic E-state index is 12.7. The third kappa shape index (κ3) is 4.52. The van der Waals surface area contributed by atoms with Gasteiger partial charge in [-0.15, -0.1) is 0 Å². The van der Waals surface area contributed by atoms with Crippen LogP contribution >= 0.6 is 0 Å². The molecule has 12 heteroatoms. The second-order valence-corrected chi connectivity index (χ2v) is 11.0. The maximum absolute atomic E-state index is 12.7. The van der Waals surface area contributed by atoms with Gasteiger partial charge in [0.1, 0.15) is 16.9 Å². The summed E-state index contributed by atoms with van der Waals surface area (Å²) >= 11 is 0. The first kappa shape index (κ1) is 23.7. The van der Waals surface area contributed by atoms with Gasteiger partial charge in [-0.2, -0.15) is 8.42 Å². The van der Waals surface area contributed by atoms with E-state index >= 15 is 0 Å². The molecular formula is C23H24O11S. The lowest BCUT2D eigenvalue weighted by Crippen LogP contribution is -2.36. The van der Waals surface area contributed by atoms with Gasteiger partial charge in [0.2, 0.25) is 11.5 Å². The predicted molar refractivity (Wildman–Crippen MR) is 117 cm³/mol. The van der Waals surface area contributed by atoms with Crippen molar-refractivity contribution in [3.05, 3.63) is 11.1 Å². The van der Waals surface area contributed by atoms with E-state index in [9.17, 15) is 27.6 Å². The third-order valence-corrected chi connectivity index (χ3v) is 7.83. The van der Waals surface area contributed by atoms with Gasteiger partial charge >= 0.3 is 17.9 Å². The van der Waals surface area contributed by atoms with Crippen LogP contribution in [0.25, 0.3) is 11.2 Å². The zero-order valence-corrected chi connectivity index (χ0v) is 19.6. The van der Waals surface area contributed by atoms with Crippen LogP contribution in [0.2, 0.25) is 0 Å². The SMILES string of the molecule is O=C(CCC1CC2CCCC(C2)C1=O)Oc1c2c3oc1c(C(=O)OCCCS(=O)(=O)O)c3C(=O)O2. The van der Waals surface area contributed by atoms with Crippen molar-refractivity contribution in [1.82, 2.24) is 0 Å². The van der Waals surface area contributed by atoms with Crippen LogP contribution in [0.4, 0.5) is 0 Å². The van der Waals surface area contributed by atoms with E-state index in [0.29, 0.717) is 12.3 Å². The second-order valence-electron chi connectivity index (χ2n) is 9.41. The lowest BCUT2D eigenvalue weighted by Gasteiger charge is -2.37. The number of carbonyl (C=O) groups is 4. The van der Waals surface area contributed by atoms with Gasteiger partial charge in [0, 0.05) is 18.3 Å². The first-order valence-electron chi connectivity index (χ1n) is 11.6. The van der Waals surface area contributed by atoms with Gasteiger partial charge in [-0.05, 0) is 38.0 Å². The molecule has 4 bridgehead atoms. The Kier molecular flexibility index (Phi) is 6.04. The third-order valence-electron chi connectivity index (χ3n) is 7.03. The fraction of sp³-hybridized carbons (Fsp3) is 0.565. The summed E-state index contributed by atoms with van der Waals surface area (Å²) in [6.45, 7) is -0.337. The van der Waals surface area contributed by atoms with Gasteiger partial charge in [0.15, 0.2) is 11.2 Å². The van der Waals surface area contributed by atoms with Crippen LogP contribution in [0.15, 0.2) is 4.42 Å². The predicted octanol–water partition coefficient (Wildman–Crippen LogP) is 2.92. The van der Waals surface area contributed by atoms with Gasteiger partial charge in [-0.3, -0.25) is 14.1 Å². The number of esters is 3. The first-order valence-corrected chi connectivity index (χ1v) is 13.2. The fourth-order valence-corrected chi connectivity index (χ4v) is 5.97. The molecule has 2 fully saturated rings. The molecule has 1 aliphatic heterocycles. The van der Waals surface area contributed by atoms with Crippen molar-refractivity contribution in [2.75, 3.05) is 12.4 Å². The lowest BCUT2D eigenvalue weighted by atomic mass is 9.66. The molecule has 2 aliphatic carbocycles. The highest BCUT2D eigenvalue weighted by Gasteiger charge is 2.44. The standard InChI is InChI=1S/C23H24O11S/c24-14(6-5-13-10-11-3-1-4-12(9-11)17(13)25)32-20-18-15(16-19(33-18)21(20)34-23(16)27)22(26)31-7-2-8-35(28,29)30/h11-13H,1-10H2,(H,28,29,30). The largest absolute Gasteiger partial charge is 0.462 e. The summed E-state index contributed by atoms with van der Waals surface area (Å²) in [4.78, 5) is 50.1. The Morgan fingerprint density at radius 1 is 1.11 bits per heavy atom. The summed E-state index contributed by atoms with van der Waals surface area (Å²) in [5.74, 6) is -2.71. The molecule has 0 saturated heterocycles. The summed E-state index contributed by atoms with van der Waals surface area (Å²) in [7, 11) is -4.21. The summed E-state index contributed by atoms with van der Waals surface area (Å²) in [6.07, 6.45) is 5.02. The molecule has 0 spiro atoms. The molecule has 2 aromatic rings. The minimum atomic E-state index is -4.21. The molecule has 0 aromatic carbocycles. The second kappa shape index (κ2) is 8.90. The van der Waals surface area contributed by atoms with Crippen molar-refractivity contribution in [3.8, 4) is 11.5 Å². The topological polar surface area (TPSA) is 163 Å². The number of carbonyl (C=O) groups excluding carboxylic acids is 4. The highest BCUT2D eigenvalue weighted by molar-refractivity contribution is 7.85. The number of rotatable bonds is 9. The van der Waals surface area contributed by atoms with Crippen LogP contribution in [0.1, 0.15) is 72.1 Å². The highest BCUT2D eigenvalue weighted by atomic mass is 32.2. The highest BCUT2D eigenvalue weighted by Crippen LogP contribution is 2.52. The van der Waals surface area contributed by atoms with Crippen molar-refractivity contribution in [1.29, 1.82) is 0 Å². The number of Topliss-reactive ketones (excluding diaryl/α,β-unsaturated/α-hetero) is 1. The normalized spacial score (nSPS) is 23.5. The summed E-state index contributed by atoms with van der Waals surface area (Å²) in [5.41, 5.74) is -0.620. The number of fused-ring (bicyclic) bond motifs is 3. The van der Waals surface area contributed by atoms with Gasteiger partial charge < -0.3 is 18.6 Å². The van der Waals surface area contributed by atoms with Crippen LogP contribution in [-0.2, 0) is 24.4 Å². The van der Waals surface area contributed by atoms with Gasteiger partial charge in [0.25, 0.3) is 10.1 Å². The van der Waals surface area contributed by atoms with Crippen LogP contribution in [-0.4, -0.2) is 49.0 Å². The van der Waals surface area contributed by atoms with Crippen molar-refractivity contribution in [3.63, 3.8) is 0 Å². The van der Waals surface area contributed by atoms with E-state index in [0.717, 1.165) is 32.1 Å². The number of ketones is 1. The molecule has 35 heavy (non-hydrogen) atoms. The number of benzene rings is 1. The average Bonchev–Trinajstić information content (AvgIpc) is 3.41. The molecule has 188 valence electrons. The van der Waals surface area contributed by atoms with Crippen LogP contribution in [0.5, 0.6) is 11.5 Å². The fourth-order valence-electron chi connectivity index (χ4n) is 5.49. The molecule has 11 nitrogen and oxygen atoms in total. The maximum Gasteiger partial charge on any atom is 0.348 e. The van der Waals surface area contributed by atoms with E-state index in [1.54, 1.807) is 0 Å². The smallest absolute Gasteiger partial charge is 0.348 e. The number of hydrogen-bond acceptors (Lipinski definition) is 10. The van der Waals surface area contributed by atoms with Gasteiger partial charge in [-0.1, -0.05) is 12.8 Å². The molecule has 3 aliphatic rings. The van der Waals surface area contributed by atoms with Gasteiger partial charge in [0.05, 0.1) is 12.4 Å².